The number of nitrogens with zero attached hydrogens (tertiary/aromatic N) is 1. The SMILES string of the molecule is CC(=O)C1=C(C)NC(N)=C(C(=O)OCc2cccc(F)c2)C1c1csc2c(C#N)cccc12. The van der Waals surface area contributed by atoms with Gasteiger partial charge in [-0.15, -0.1) is 11.3 Å². The number of ketones is 1. The van der Waals surface area contributed by atoms with E-state index in [9.17, 15) is 19.2 Å². The summed E-state index contributed by atoms with van der Waals surface area (Å²) < 4.78 is 19.7. The summed E-state index contributed by atoms with van der Waals surface area (Å²) in [6.45, 7) is 3.00. The van der Waals surface area contributed by atoms with Gasteiger partial charge in [-0.2, -0.15) is 5.26 Å². The molecule has 0 aliphatic carbocycles. The standard InChI is InChI=1S/C25H20FN3O3S/c1-13-20(14(2)30)21(19-12-33-23-16(10-27)6-4-8-18(19)23)22(24(28)29-13)25(31)32-11-15-5-3-7-17(26)9-15/h3-9,12,21,29H,11,28H2,1-2H3. The second-order valence-corrected chi connectivity index (χ2v) is 8.55. The van der Waals surface area contributed by atoms with Crippen LogP contribution in [0.2, 0.25) is 0 Å². The summed E-state index contributed by atoms with van der Waals surface area (Å²) in [6, 6.07) is 13.3. The van der Waals surface area contributed by atoms with Crippen molar-refractivity contribution in [2.24, 2.45) is 5.73 Å². The lowest BCUT2D eigenvalue weighted by Gasteiger charge is -2.29. The van der Waals surface area contributed by atoms with E-state index in [0.717, 1.165) is 10.1 Å². The molecule has 33 heavy (non-hydrogen) atoms. The molecule has 1 unspecified atom stereocenters. The number of Topliss-reactive ketones (excluding diaryl/α,β-unsaturated/α-hetero) is 1. The Balaban J connectivity index is 1.80. The highest BCUT2D eigenvalue weighted by molar-refractivity contribution is 7.17. The van der Waals surface area contributed by atoms with Crippen molar-refractivity contribution < 1.29 is 18.7 Å². The molecule has 2 aromatic carbocycles. The number of carbonyl (C=O) groups excluding carboxylic acids is 2. The molecule has 3 aromatic rings. The van der Waals surface area contributed by atoms with E-state index in [1.165, 1.54) is 36.5 Å². The largest absolute Gasteiger partial charge is 0.457 e. The van der Waals surface area contributed by atoms with Crippen LogP contribution in [0.15, 0.2) is 70.5 Å². The summed E-state index contributed by atoms with van der Waals surface area (Å²) in [5.41, 5.74) is 8.96. The monoisotopic (exact) mass is 461 g/mol. The van der Waals surface area contributed by atoms with Crippen LogP contribution < -0.4 is 11.1 Å². The minimum Gasteiger partial charge on any atom is -0.457 e. The minimum absolute atomic E-state index is 0.0857. The molecule has 166 valence electrons. The smallest absolute Gasteiger partial charge is 0.339 e. The van der Waals surface area contributed by atoms with Crippen LogP contribution in [-0.4, -0.2) is 11.8 Å². The maximum atomic E-state index is 13.5. The number of halogens is 1. The van der Waals surface area contributed by atoms with Gasteiger partial charge < -0.3 is 15.8 Å². The van der Waals surface area contributed by atoms with Gasteiger partial charge in [0.25, 0.3) is 0 Å². The first-order valence-corrected chi connectivity index (χ1v) is 11.0. The molecule has 6 nitrogen and oxygen atoms in total. The van der Waals surface area contributed by atoms with Crippen LogP contribution in [0.3, 0.4) is 0 Å². The maximum Gasteiger partial charge on any atom is 0.339 e. The fraction of sp³-hybridized carbons (Fsp3) is 0.160. The summed E-state index contributed by atoms with van der Waals surface area (Å²) >= 11 is 1.37. The third-order valence-electron chi connectivity index (χ3n) is 5.51. The highest BCUT2D eigenvalue weighted by Gasteiger charge is 2.38. The van der Waals surface area contributed by atoms with Crippen molar-refractivity contribution in [1.82, 2.24) is 5.32 Å². The first-order chi connectivity index (χ1) is 15.8. The number of hydrogen-bond donors (Lipinski definition) is 2. The van der Waals surface area contributed by atoms with Crippen molar-refractivity contribution in [1.29, 1.82) is 5.26 Å². The second kappa shape index (κ2) is 8.88. The number of allylic oxidation sites excluding steroid dienone is 2. The molecule has 1 aliphatic heterocycles. The molecule has 3 N–H and O–H groups in total. The van der Waals surface area contributed by atoms with Gasteiger partial charge in [0.2, 0.25) is 0 Å². The van der Waals surface area contributed by atoms with E-state index in [1.54, 1.807) is 25.1 Å². The van der Waals surface area contributed by atoms with Crippen molar-refractivity contribution in [3.8, 4) is 6.07 Å². The number of nitrogens with two attached hydrogens (primary N) is 1. The third-order valence-corrected chi connectivity index (χ3v) is 6.56. The van der Waals surface area contributed by atoms with Gasteiger partial charge in [0, 0.05) is 11.3 Å². The number of nitrogens with one attached hydrogen (secondary N) is 1. The predicted molar refractivity (Wildman–Crippen MR) is 123 cm³/mol. The lowest BCUT2D eigenvalue weighted by molar-refractivity contribution is -0.140. The van der Waals surface area contributed by atoms with E-state index in [4.69, 9.17) is 10.5 Å². The molecule has 0 radical (unpaired) electrons. The number of esters is 1. The number of nitriles is 1. The Morgan fingerprint density at radius 1 is 1.24 bits per heavy atom. The van der Waals surface area contributed by atoms with E-state index < -0.39 is 17.7 Å². The Labute approximate surface area is 193 Å². The number of rotatable bonds is 5. The zero-order valence-electron chi connectivity index (χ0n) is 17.9. The zero-order valence-corrected chi connectivity index (χ0v) is 18.8. The van der Waals surface area contributed by atoms with Crippen molar-refractivity contribution in [2.75, 3.05) is 0 Å². The summed E-state index contributed by atoms with van der Waals surface area (Å²) in [4.78, 5) is 25.9. The average molecular weight is 462 g/mol. The number of ether oxygens (including phenoxy) is 1. The Kier molecular flexibility index (Phi) is 5.99. The van der Waals surface area contributed by atoms with E-state index in [2.05, 4.69) is 11.4 Å². The molecule has 0 saturated heterocycles. The lowest BCUT2D eigenvalue weighted by Crippen LogP contribution is -2.35. The van der Waals surface area contributed by atoms with Crippen LogP contribution in [0.1, 0.15) is 36.5 Å². The van der Waals surface area contributed by atoms with Gasteiger partial charge in [-0.1, -0.05) is 24.3 Å². The van der Waals surface area contributed by atoms with Gasteiger partial charge in [0.1, 0.15) is 24.3 Å². The van der Waals surface area contributed by atoms with Crippen molar-refractivity contribution in [3.05, 3.63) is 93.0 Å². The van der Waals surface area contributed by atoms with Crippen LogP contribution in [0.25, 0.3) is 10.1 Å². The summed E-state index contributed by atoms with van der Waals surface area (Å²) in [5, 5.41) is 15.0. The number of fused-ring (bicyclic) bond motifs is 1. The van der Waals surface area contributed by atoms with Crippen LogP contribution in [0.5, 0.6) is 0 Å². The molecule has 1 aliphatic rings. The topological polar surface area (TPSA) is 105 Å². The first kappa shape index (κ1) is 22.2. The Bertz CT molecular complexity index is 1400. The molecule has 0 bridgehead atoms. The maximum absolute atomic E-state index is 13.5. The van der Waals surface area contributed by atoms with Gasteiger partial charge in [-0.3, -0.25) is 4.79 Å². The second-order valence-electron chi connectivity index (χ2n) is 7.67. The number of hydrogen-bond acceptors (Lipinski definition) is 7. The van der Waals surface area contributed by atoms with Crippen molar-refractivity contribution >= 4 is 33.2 Å². The number of dihydropyridines is 1. The van der Waals surface area contributed by atoms with Crippen molar-refractivity contribution in [2.45, 2.75) is 26.4 Å². The van der Waals surface area contributed by atoms with E-state index >= 15 is 0 Å². The molecule has 0 saturated carbocycles. The fourth-order valence-corrected chi connectivity index (χ4v) is 5.16. The quantitative estimate of drug-likeness (QED) is 0.547. The van der Waals surface area contributed by atoms with Crippen LogP contribution in [0.4, 0.5) is 4.39 Å². The molecule has 0 fully saturated rings. The molecule has 8 heteroatoms. The summed E-state index contributed by atoms with van der Waals surface area (Å²) in [7, 11) is 0. The molecular formula is C25H20FN3O3S. The highest BCUT2D eigenvalue weighted by Crippen LogP contribution is 2.43. The predicted octanol–water partition coefficient (Wildman–Crippen LogP) is 4.38. The molecule has 4 rings (SSSR count). The lowest BCUT2D eigenvalue weighted by atomic mass is 9.79. The minimum atomic E-state index is -0.772. The van der Waals surface area contributed by atoms with Crippen LogP contribution >= 0.6 is 11.3 Å². The average Bonchev–Trinajstić information content (AvgIpc) is 3.20. The molecule has 2 heterocycles. The van der Waals surface area contributed by atoms with E-state index in [0.29, 0.717) is 28.0 Å². The number of carbonyl (C=O) groups is 2. The molecule has 0 spiro atoms. The normalized spacial score (nSPS) is 15.9. The van der Waals surface area contributed by atoms with E-state index in [-0.39, 0.29) is 23.8 Å². The first-order valence-electron chi connectivity index (χ1n) is 10.1. The Hall–Kier alpha value is -3.96. The number of benzene rings is 2. The van der Waals surface area contributed by atoms with Gasteiger partial charge in [-0.05, 0) is 53.9 Å². The highest BCUT2D eigenvalue weighted by atomic mass is 32.1. The molecule has 0 amide bonds. The van der Waals surface area contributed by atoms with Gasteiger partial charge in [0.05, 0.1) is 21.8 Å². The molecular weight excluding hydrogens is 441 g/mol. The van der Waals surface area contributed by atoms with Gasteiger partial charge >= 0.3 is 5.97 Å². The summed E-state index contributed by atoms with van der Waals surface area (Å²) in [5.74, 6) is -2.05. The summed E-state index contributed by atoms with van der Waals surface area (Å²) in [6.07, 6.45) is 0. The Morgan fingerprint density at radius 3 is 2.70 bits per heavy atom. The Morgan fingerprint density at radius 2 is 2.00 bits per heavy atom. The van der Waals surface area contributed by atoms with E-state index in [1.807, 2.05) is 11.4 Å². The van der Waals surface area contributed by atoms with Gasteiger partial charge in [-0.25, -0.2) is 9.18 Å². The fourth-order valence-electron chi connectivity index (χ4n) is 4.10. The molecule has 1 aromatic heterocycles. The van der Waals surface area contributed by atoms with Crippen LogP contribution in [-0.2, 0) is 20.9 Å². The van der Waals surface area contributed by atoms with Crippen LogP contribution in [0, 0.1) is 17.1 Å². The van der Waals surface area contributed by atoms with Crippen molar-refractivity contribution in [3.63, 3.8) is 0 Å². The third kappa shape index (κ3) is 4.11. The molecule has 1 atom stereocenters. The zero-order chi connectivity index (χ0) is 23.7. The van der Waals surface area contributed by atoms with Gasteiger partial charge in [0.15, 0.2) is 5.78 Å². The number of thiophene rings is 1.